The molecule has 0 spiro atoms. The SMILES string of the molecule is CN(C)Cc1c(O)ccc2c1cc(-c1ccccc1)n2C. The van der Waals surface area contributed by atoms with Crippen LogP contribution in [0.3, 0.4) is 0 Å². The highest BCUT2D eigenvalue weighted by Gasteiger charge is 2.14. The van der Waals surface area contributed by atoms with Crippen molar-refractivity contribution in [2.24, 2.45) is 7.05 Å². The molecule has 0 unspecified atom stereocenters. The number of hydrogen-bond donors (Lipinski definition) is 1. The lowest BCUT2D eigenvalue weighted by Gasteiger charge is -2.12. The van der Waals surface area contributed by atoms with Crippen molar-refractivity contribution in [1.82, 2.24) is 9.47 Å². The fourth-order valence-electron chi connectivity index (χ4n) is 2.83. The summed E-state index contributed by atoms with van der Waals surface area (Å²) in [5.41, 5.74) is 4.47. The van der Waals surface area contributed by atoms with Crippen LogP contribution in [0.1, 0.15) is 5.56 Å². The third-order valence-corrected chi connectivity index (χ3v) is 3.86. The Morgan fingerprint density at radius 2 is 1.76 bits per heavy atom. The first-order chi connectivity index (χ1) is 10.1. The summed E-state index contributed by atoms with van der Waals surface area (Å²) in [6, 6.07) is 16.3. The molecule has 0 aliphatic heterocycles. The van der Waals surface area contributed by atoms with Crippen molar-refractivity contribution in [2.45, 2.75) is 6.54 Å². The third kappa shape index (κ3) is 2.41. The van der Waals surface area contributed by atoms with Gasteiger partial charge in [0, 0.05) is 35.8 Å². The number of benzene rings is 2. The largest absolute Gasteiger partial charge is 0.508 e. The van der Waals surface area contributed by atoms with Crippen molar-refractivity contribution in [3.8, 4) is 17.0 Å². The molecular weight excluding hydrogens is 260 g/mol. The number of phenolic OH excluding ortho intramolecular Hbond substituents is 1. The first kappa shape index (κ1) is 13.7. The molecule has 0 saturated carbocycles. The third-order valence-electron chi connectivity index (χ3n) is 3.86. The van der Waals surface area contributed by atoms with Crippen LogP contribution in [0, 0.1) is 0 Å². The fourth-order valence-corrected chi connectivity index (χ4v) is 2.83. The average Bonchev–Trinajstić information content (AvgIpc) is 2.80. The summed E-state index contributed by atoms with van der Waals surface area (Å²) in [7, 11) is 6.10. The van der Waals surface area contributed by atoms with E-state index in [4.69, 9.17) is 0 Å². The molecule has 108 valence electrons. The van der Waals surface area contributed by atoms with E-state index >= 15 is 0 Å². The topological polar surface area (TPSA) is 28.4 Å². The smallest absolute Gasteiger partial charge is 0.120 e. The molecule has 3 heteroatoms. The van der Waals surface area contributed by atoms with Gasteiger partial charge in [-0.3, -0.25) is 0 Å². The van der Waals surface area contributed by atoms with Gasteiger partial charge in [-0.1, -0.05) is 30.3 Å². The Kier molecular flexibility index (Phi) is 3.43. The van der Waals surface area contributed by atoms with E-state index in [-0.39, 0.29) is 0 Å². The van der Waals surface area contributed by atoms with Crippen LogP contribution in [0.4, 0.5) is 0 Å². The Morgan fingerprint density at radius 1 is 1.05 bits per heavy atom. The minimum absolute atomic E-state index is 0.362. The van der Waals surface area contributed by atoms with E-state index in [2.05, 4.69) is 34.7 Å². The van der Waals surface area contributed by atoms with E-state index in [1.807, 2.05) is 38.4 Å². The van der Waals surface area contributed by atoms with Crippen molar-refractivity contribution in [3.05, 3.63) is 54.1 Å². The first-order valence-corrected chi connectivity index (χ1v) is 7.08. The molecule has 0 atom stereocenters. The standard InChI is InChI=1S/C18H20N2O/c1-19(2)12-15-14-11-17(13-7-5-4-6-8-13)20(3)16(14)9-10-18(15)21/h4-11,21H,12H2,1-3H3. The number of phenols is 1. The molecule has 3 rings (SSSR count). The quantitative estimate of drug-likeness (QED) is 0.794. The molecule has 0 aliphatic carbocycles. The van der Waals surface area contributed by atoms with Crippen LogP contribution < -0.4 is 0 Å². The summed E-state index contributed by atoms with van der Waals surface area (Å²) in [6.45, 7) is 0.724. The number of fused-ring (bicyclic) bond motifs is 1. The number of aromatic nitrogens is 1. The summed E-state index contributed by atoms with van der Waals surface area (Å²) >= 11 is 0. The molecule has 0 radical (unpaired) electrons. The minimum atomic E-state index is 0.362. The molecule has 0 amide bonds. The van der Waals surface area contributed by atoms with Crippen LogP contribution in [-0.2, 0) is 13.6 Å². The van der Waals surface area contributed by atoms with Gasteiger partial charge in [0.25, 0.3) is 0 Å². The number of nitrogens with zero attached hydrogens (tertiary/aromatic N) is 2. The molecular formula is C18H20N2O. The molecule has 2 aromatic carbocycles. The predicted octanol–water partition coefficient (Wildman–Crippen LogP) is 3.61. The van der Waals surface area contributed by atoms with Crippen LogP contribution in [0.2, 0.25) is 0 Å². The van der Waals surface area contributed by atoms with Crippen LogP contribution in [0.25, 0.3) is 22.2 Å². The molecule has 0 saturated heterocycles. The summed E-state index contributed by atoms with van der Waals surface area (Å²) in [5.74, 6) is 0.362. The van der Waals surface area contributed by atoms with Gasteiger partial charge in [-0.2, -0.15) is 0 Å². The maximum Gasteiger partial charge on any atom is 0.120 e. The summed E-state index contributed by atoms with van der Waals surface area (Å²) < 4.78 is 2.18. The zero-order valence-electron chi connectivity index (χ0n) is 12.7. The van der Waals surface area contributed by atoms with Gasteiger partial charge in [-0.05, 0) is 37.9 Å². The molecule has 0 fully saturated rings. The second-order valence-corrected chi connectivity index (χ2v) is 5.69. The van der Waals surface area contributed by atoms with Gasteiger partial charge < -0.3 is 14.6 Å². The van der Waals surface area contributed by atoms with E-state index in [0.29, 0.717) is 5.75 Å². The van der Waals surface area contributed by atoms with Crippen molar-refractivity contribution >= 4 is 10.9 Å². The van der Waals surface area contributed by atoms with Gasteiger partial charge in [0.2, 0.25) is 0 Å². The van der Waals surface area contributed by atoms with Crippen molar-refractivity contribution in [3.63, 3.8) is 0 Å². The van der Waals surface area contributed by atoms with Gasteiger partial charge in [0.1, 0.15) is 5.75 Å². The van der Waals surface area contributed by atoms with Crippen LogP contribution >= 0.6 is 0 Å². The lowest BCUT2D eigenvalue weighted by molar-refractivity contribution is 0.388. The number of rotatable bonds is 3. The summed E-state index contributed by atoms with van der Waals surface area (Å²) in [5, 5.41) is 11.3. The van der Waals surface area contributed by atoms with Crippen molar-refractivity contribution in [2.75, 3.05) is 14.1 Å². The summed E-state index contributed by atoms with van der Waals surface area (Å²) in [4.78, 5) is 2.07. The Bertz CT molecular complexity index is 773. The van der Waals surface area contributed by atoms with Crippen LogP contribution in [0.15, 0.2) is 48.5 Å². The predicted molar refractivity (Wildman–Crippen MR) is 87.4 cm³/mol. The second kappa shape index (κ2) is 5.26. The highest BCUT2D eigenvalue weighted by Crippen LogP contribution is 2.33. The molecule has 1 N–H and O–H groups in total. The highest BCUT2D eigenvalue weighted by molar-refractivity contribution is 5.91. The van der Waals surface area contributed by atoms with Gasteiger partial charge in [-0.15, -0.1) is 0 Å². The van der Waals surface area contributed by atoms with E-state index in [1.165, 1.54) is 5.56 Å². The zero-order chi connectivity index (χ0) is 15.0. The van der Waals surface area contributed by atoms with Gasteiger partial charge in [0.05, 0.1) is 0 Å². The first-order valence-electron chi connectivity index (χ1n) is 7.08. The Labute approximate surface area is 125 Å². The highest BCUT2D eigenvalue weighted by atomic mass is 16.3. The fraction of sp³-hybridized carbons (Fsp3) is 0.222. The lowest BCUT2D eigenvalue weighted by Crippen LogP contribution is -2.11. The van der Waals surface area contributed by atoms with E-state index in [9.17, 15) is 5.11 Å². The average molecular weight is 280 g/mol. The number of hydrogen-bond acceptors (Lipinski definition) is 2. The Hall–Kier alpha value is -2.26. The van der Waals surface area contributed by atoms with E-state index in [0.717, 1.165) is 28.7 Å². The minimum Gasteiger partial charge on any atom is -0.508 e. The molecule has 3 aromatic rings. The maximum absolute atomic E-state index is 10.2. The lowest BCUT2D eigenvalue weighted by atomic mass is 10.1. The van der Waals surface area contributed by atoms with Gasteiger partial charge in [-0.25, -0.2) is 0 Å². The van der Waals surface area contributed by atoms with Crippen molar-refractivity contribution < 1.29 is 5.11 Å². The molecule has 0 bridgehead atoms. The van der Waals surface area contributed by atoms with E-state index < -0.39 is 0 Å². The van der Waals surface area contributed by atoms with Gasteiger partial charge in [0.15, 0.2) is 0 Å². The molecule has 3 nitrogen and oxygen atoms in total. The van der Waals surface area contributed by atoms with Gasteiger partial charge >= 0.3 is 0 Å². The Morgan fingerprint density at radius 3 is 2.43 bits per heavy atom. The van der Waals surface area contributed by atoms with Crippen molar-refractivity contribution in [1.29, 1.82) is 0 Å². The molecule has 21 heavy (non-hydrogen) atoms. The normalized spacial score (nSPS) is 11.4. The van der Waals surface area contributed by atoms with E-state index in [1.54, 1.807) is 6.07 Å². The van der Waals surface area contributed by atoms with Crippen LogP contribution in [0.5, 0.6) is 5.75 Å². The molecule has 1 heterocycles. The monoisotopic (exact) mass is 280 g/mol. The number of aryl methyl sites for hydroxylation is 1. The molecule has 0 aliphatic rings. The summed E-state index contributed by atoms with van der Waals surface area (Å²) in [6.07, 6.45) is 0. The zero-order valence-corrected chi connectivity index (χ0v) is 12.7. The Balaban J connectivity index is 2.24. The van der Waals surface area contributed by atoms with Crippen LogP contribution in [-0.4, -0.2) is 28.7 Å². The number of aromatic hydroxyl groups is 1. The second-order valence-electron chi connectivity index (χ2n) is 5.69. The maximum atomic E-state index is 10.2. The molecule has 1 aromatic heterocycles.